The Morgan fingerprint density at radius 2 is 1.56 bits per heavy atom. The van der Waals surface area contributed by atoms with Crippen LogP contribution in [0.3, 0.4) is 0 Å². The highest BCUT2D eigenvalue weighted by Gasteiger charge is 2.14. The molecular formula is C16H34. The smallest absolute Gasteiger partial charge is 0.0357 e. The van der Waals surface area contributed by atoms with Crippen LogP contribution in [0.5, 0.6) is 0 Å². The predicted octanol–water partition coefficient (Wildman–Crippen LogP) is 6.06. The zero-order chi connectivity index (χ0) is 12.6. The molecule has 0 aliphatic heterocycles. The van der Waals surface area contributed by atoms with Crippen LogP contribution in [0.2, 0.25) is 0 Å². The van der Waals surface area contributed by atoms with E-state index in [2.05, 4.69) is 41.5 Å². The van der Waals surface area contributed by atoms with E-state index in [0.717, 1.165) is 11.8 Å². The molecule has 0 heterocycles. The van der Waals surface area contributed by atoms with Crippen molar-refractivity contribution < 1.29 is 0 Å². The Bertz CT molecular complexity index is 157. The number of unbranched alkanes of at least 4 members (excludes halogenated alkanes) is 1. The Morgan fingerprint density at radius 3 is 2.06 bits per heavy atom. The first-order chi connectivity index (χ1) is 7.41. The van der Waals surface area contributed by atoms with Gasteiger partial charge in [0.2, 0.25) is 0 Å². The SMILES string of the molecule is CCC(C)CC(C)CCCCC(C)(C)CC. The number of rotatable bonds is 9. The van der Waals surface area contributed by atoms with Crippen molar-refractivity contribution in [2.45, 2.75) is 86.5 Å². The Kier molecular flexibility index (Phi) is 8.14. The van der Waals surface area contributed by atoms with E-state index in [9.17, 15) is 0 Å². The largest absolute Gasteiger partial charge is 0.0651 e. The minimum atomic E-state index is 0.569. The molecule has 0 aromatic rings. The summed E-state index contributed by atoms with van der Waals surface area (Å²) in [5.41, 5.74) is 0.569. The molecule has 0 aromatic heterocycles. The minimum Gasteiger partial charge on any atom is -0.0651 e. The van der Waals surface area contributed by atoms with Gasteiger partial charge in [-0.1, -0.05) is 73.6 Å². The topological polar surface area (TPSA) is 0 Å². The maximum atomic E-state index is 2.43. The third-order valence-corrected chi connectivity index (χ3v) is 4.26. The molecular weight excluding hydrogens is 192 g/mol. The van der Waals surface area contributed by atoms with E-state index < -0.39 is 0 Å². The van der Waals surface area contributed by atoms with Crippen LogP contribution in [-0.2, 0) is 0 Å². The summed E-state index contributed by atoms with van der Waals surface area (Å²) in [5, 5.41) is 0. The van der Waals surface area contributed by atoms with Gasteiger partial charge in [-0.15, -0.1) is 0 Å². The van der Waals surface area contributed by atoms with Gasteiger partial charge in [-0.2, -0.15) is 0 Å². The molecule has 2 atom stereocenters. The van der Waals surface area contributed by atoms with Crippen molar-refractivity contribution in [1.82, 2.24) is 0 Å². The van der Waals surface area contributed by atoms with Crippen LogP contribution in [0, 0.1) is 17.3 Å². The van der Waals surface area contributed by atoms with Gasteiger partial charge in [-0.05, 0) is 30.1 Å². The van der Waals surface area contributed by atoms with E-state index in [-0.39, 0.29) is 0 Å². The van der Waals surface area contributed by atoms with Crippen molar-refractivity contribution >= 4 is 0 Å². The fourth-order valence-corrected chi connectivity index (χ4v) is 2.24. The lowest BCUT2D eigenvalue weighted by atomic mass is 9.83. The van der Waals surface area contributed by atoms with Crippen LogP contribution in [0.15, 0.2) is 0 Å². The molecule has 0 aliphatic carbocycles. The van der Waals surface area contributed by atoms with Crippen LogP contribution in [0.25, 0.3) is 0 Å². The molecule has 0 bridgehead atoms. The molecule has 98 valence electrons. The molecule has 0 saturated carbocycles. The van der Waals surface area contributed by atoms with E-state index in [1.165, 1.54) is 44.9 Å². The lowest BCUT2D eigenvalue weighted by Crippen LogP contribution is -2.09. The summed E-state index contributed by atoms with van der Waals surface area (Å²) in [4.78, 5) is 0. The van der Waals surface area contributed by atoms with E-state index >= 15 is 0 Å². The number of hydrogen-bond donors (Lipinski definition) is 0. The Morgan fingerprint density at radius 1 is 0.938 bits per heavy atom. The summed E-state index contributed by atoms with van der Waals surface area (Å²) >= 11 is 0. The lowest BCUT2D eigenvalue weighted by molar-refractivity contribution is 0.298. The van der Waals surface area contributed by atoms with Crippen molar-refractivity contribution in [3.63, 3.8) is 0 Å². The van der Waals surface area contributed by atoms with E-state index in [1.807, 2.05) is 0 Å². The average Bonchev–Trinajstić information content (AvgIpc) is 2.24. The zero-order valence-electron chi connectivity index (χ0n) is 12.6. The summed E-state index contributed by atoms with van der Waals surface area (Å²) in [6.45, 7) is 14.2. The molecule has 0 amide bonds. The van der Waals surface area contributed by atoms with Gasteiger partial charge in [0.1, 0.15) is 0 Å². The molecule has 0 fully saturated rings. The highest BCUT2D eigenvalue weighted by atomic mass is 14.2. The lowest BCUT2D eigenvalue weighted by Gasteiger charge is -2.23. The fraction of sp³-hybridized carbons (Fsp3) is 1.00. The quantitative estimate of drug-likeness (QED) is 0.419. The van der Waals surface area contributed by atoms with E-state index in [4.69, 9.17) is 0 Å². The Hall–Kier alpha value is 0. The van der Waals surface area contributed by atoms with Crippen molar-refractivity contribution in [2.24, 2.45) is 17.3 Å². The molecule has 16 heavy (non-hydrogen) atoms. The normalized spacial score (nSPS) is 16.1. The standard InChI is InChI=1S/C16H34/c1-7-14(3)13-15(4)11-9-10-12-16(5,6)8-2/h14-15H,7-13H2,1-6H3. The molecule has 0 heteroatoms. The molecule has 0 saturated heterocycles. The summed E-state index contributed by atoms with van der Waals surface area (Å²) in [6.07, 6.45) is 9.77. The van der Waals surface area contributed by atoms with Crippen LogP contribution in [-0.4, -0.2) is 0 Å². The van der Waals surface area contributed by atoms with Crippen molar-refractivity contribution in [3.8, 4) is 0 Å². The van der Waals surface area contributed by atoms with E-state index in [1.54, 1.807) is 0 Å². The van der Waals surface area contributed by atoms with Crippen LogP contribution in [0.1, 0.15) is 86.5 Å². The van der Waals surface area contributed by atoms with Gasteiger partial charge >= 0.3 is 0 Å². The predicted molar refractivity (Wildman–Crippen MR) is 75.8 cm³/mol. The highest BCUT2D eigenvalue weighted by molar-refractivity contribution is 4.67. The van der Waals surface area contributed by atoms with Crippen LogP contribution < -0.4 is 0 Å². The van der Waals surface area contributed by atoms with Gasteiger partial charge in [0, 0.05) is 0 Å². The van der Waals surface area contributed by atoms with Gasteiger partial charge in [0.25, 0.3) is 0 Å². The maximum Gasteiger partial charge on any atom is -0.0357 e. The zero-order valence-corrected chi connectivity index (χ0v) is 12.6. The molecule has 0 aliphatic rings. The first-order valence-corrected chi connectivity index (χ1v) is 7.41. The number of hydrogen-bond acceptors (Lipinski definition) is 0. The van der Waals surface area contributed by atoms with Gasteiger partial charge in [-0.3, -0.25) is 0 Å². The molecule has 0 radical (unpaired) electrons. The monoisotopic (exact) mass is 226 g/mol. The van der Waals surface area contributed by atoms with Gasteiger partial charge in [-0.25, -0.2) is 0 Å². The van der Waals surface area contributed by atoms with Gasteiger partial charge < -0.3 is 0 Å². The second-order valence-electron chi connectivity index (χ2n) is 6.62. The first kappa shape index (κ1) is 16.0. The molecule has 0 nitrogen and oxygen atoms in total. The van der Waals surface area contributed by atoms with Crippen molar-refractivity contribution in [3.05, 3.63) is 0 Å². The Labute approximate surface area is 104 Å². The fourth-order valence-electron chi connectivity index (χ4n) is 2.24. The first-order valence-electron chi connectivity index (χ1n) is 7.41. The molecule has 0 N–H and O–H groups in total. The summed E-state index contributed by atoms with van der Waals surface area (Å²) in [5.74, 6) is 1.85. The van der Waals surface area contributed by atoms with Gasteiger partial charge in [0.15, 0.2) is 0 Å². The summed E-state index contributed by atoms with van der Waals surface area (Å²) < 4.78 is 0. The Balaban J connectivity index is 3.51. The van der Waals surface area contributed by atoms with Crippen molar-refractivity contribution in [2.75, 3.05) is 0 Å². The molecule has 0 rings (SSSR count). The van der Waals surface area contributed by atoms with Crippen LogP contribution in [0.4, 0.5) is 0 Å². The van der Waals surface area contributed by atoms with E-state index in [0.29, 0.717) is 5.41 Å². The maximum absolute atomic E-state index is 2.43. The molecule has 2 unspecified atom stereocenters. The highest BCUT2D eigenvalue weighted by Crippen LogP contribution is 2.28. The van der Waals surface area contributed by atoms with Gasteiger partial charge in [0.05, 0.1) is 0 Å². The summed E-state index contributed by atoms with van der Waals surface area (Å²) in [7, 11) is 0. The second-order valence-corrected chi connectivity index (χ2v) is 6.62. The van der Waals surface area contributed by atoms with Crippen LogP contribution >= 0.6 is 0 Å². The second kappa shape index (κ2) is 8.14. The third kappa shape index (κ3) is 8.19. The van der Waals surface area contributed by atoms with Crippen molar-refractivity contribution in [1.29, 1.82) is 0 Å². The molecule has 0 aromatic carbocycles. The average molecular weight is 226 g/mol. The molecule has 0 spiro atoms. The summed E-state index contributed by atoms with van der Waals surface area (Å²) in [6, 6.07) is 0. The third-order valence-electron chi connectivity index (χ3n) is 4.26. The minimum absolute atomic E-state index is 0.569.